The molecule has 4 rings (SSSR count). The summed E-state index contributed by atoms with van der Waals surface area (Å²) in [6.07, 6.45) is 1.63. The van der Waals surface area contributed by atoms with Crippen molar-refractivity contribution in [1.29, 1.82) is 0 Å². The topological polar surface area (TPSA) is 64.7 Å². The van der Waals surface area contributed by atoms with Gasteiger partial charge in [-0.25, -0.2) is 9.97 Å². The molecule has 0 N–H and O–H groups in total. The molecule has 0 bridgehead atoms. The number of aryl methyl sites for hydroxylation is 2. The molecule has 3 heterocycles. The fourth-order valence-electron chi connectivity index (χ4n) is 2.54. The molecule has 0 aliphatic carbocycles. The standard InChI is InChI=1S/C19H18N4OS3/c1-3-13-4-6-14(7-5-13)18-21-16(10-26-18)11-27-19-23-22-17(24-19)8-15-9-25-12(2)20-15/h4-7,9-10H,3,8,11H2,1-2H3. The van der Waals surface area contributed by atoms with Crippen LogP contribution in [0.3, 0.4) is 0 Å². The molecule has 0 amide bonds. The van der Waals surface area contributed by atoms with Crippen molar-refractivity contribution >= 4 is 34.4 Å². The summed E-state index contributed by atoms with van der Waals surface area (Å²) in [4.78, 5) is 9.15. The number of thioether (sulfide) groups is 1. The minimum absolute atomic E-state index is 0.568. The molecule has 0 saturated carbocycles. The minimum Gasteiger partial charge on any atom is -0.416 e. The van der Waals surface area contributed by atoms with E-state index < -0.39 is 0 Å². The van der Waals surface area contributed by atoms with Gasteiger partial charge in [0, 0.05) is 22.1 Å². The van der Waals surface area contributed by atoms with Crippen molar-refractivity contribution in [3.8, 4) is 10.6 Å². The zero-order valence-electron chi connectivity index (χ0n) is 15.0. The first-order valence-corrected chi connectivity index (χ1v) is 11.3. The third kappa shape index (κ3) is 4.63. The van der Waals surface area contributed by atoms with E-state index in [2.05, 4.69) is 51.8 Å². The van der Waals surface area contributed by atoms with Gasteiger partial charge in [-0.2, -0.15) is 0 Å². The van der Waals surface area contributed by atoms with Crippen LogP contribution in [0.4, 0.5) is 0 Å². The van der Waals surface area contributed by atoms with Crippen LogP contribution in [0.5, 0.6) is 0 Å². The molecule has 0 spiro atoms. The summed E-state index contributed by atoms with van der Waals surface area (Å²) in [5.74, 6) is 1.30. The van der Waals surface area contributed by atoms with Gasteiger partial charge >= 0.3 is 0 Å². The Morgan fingerprint density at radius 2 is 1.81 bits per heavy atom. The van der Waals surface area contributed by atoms with Crippen LogP contribution < -0.4 is 0 Å². The Kier molecular flexibility index (Phi) is 5.66. The quantitative estimate of drug-likeness (QED) is 0.377. The lowest BCUT2D eigenvalue weighted by Gasteiger charge is -1.98. The largest absolute Gasteiger partial charge is 0.416 e. The molecule has 138 valence electrons. The Bertz CT molecular complexity index is 1020. The highest BCUT2D eigenvalue weighted by Crippen LogP contribution is 2.28. The zero-order valence-corrected chi connectivity index (χ0v) is 17.5. The van der Waals surface area contributed by atoms with Crippen molar-refractivity contribution in [3.05, 3.63) is 62.9 Å². The summed E-state index contributed by atoms with van der Waals surface area (Å²) < 4.78 is 5.72. The van der Waals surface area contributed by atoms with Crippen LogP contribution in [0.25, 0.3) is 10.6 Å². The third-order valence-corrected chi connectivity index (χ3v) is 6.57. The summed E-state index contributed by atoms with van der Waals surface area (Å²) in [6, 6.07) is 8.60. The first-order chi connectivity index (χ1) is 13.2. The summed E-state index contributed by atoms with van der Waals surface area (Å²) >= 11 is 4.80. The van der Waals surface area contributed by atoms with Crippen molar-refractivity contribution in [2.24, 2.45) is 0 Å². The van der Waals surface area contributed by atoms with Gasteiger partial charge in [0.2, 0.25) is 5.89 Å². The first-order valence-electron chi connectivity index (χ1n) is 8.59. The number of aromatic nitrogens is 4. The number of nitrogens with zero attached hydrogens (tertiary/aromatic N) is 4. The van der Waals surface area contributed by atoms with Gasteiger partial charge < -0.3 is 4.42 Å². The van der Waals surface area contributed by atoms with Crippen LogP contribution in [0.1, 0.15) is 34.8 Å². The maximum atomic E-state index is 5.72. The van der Waals surface area contributed by atoms with Crippen molar-refractivity contribution in [2.75, 3.05) is 0 Å². The lowest BCUT2D eigenvalue weighted by Crippen LogP contribution is -1.88. The van der Waals surface area contributed by atoms with Crippen molar-refractivity contribution in [1.82, 2.24) is 20.2 Å². The molecule has 0 fully saturated rings. The molecule has 0 radical (unpaired) electrons. The lowest BCUT2D eigenvalue weighted by molar-refractivity contribution is 0.419. The molecule has 5 nitrogen and oxygen atoms in total. The molecular formula is C19H18N4OS3. The predicted octanol–water partition coefficient (Wildman–Crippen LogP) is 5.40. The molecule has 4 aromatic rings. The smallest absolute Gasteiger partial charge is 0.276 e. The maximum absolute atomic E-state index is 5.72. The van der Waals surface area contributed by atoms with Crippen molar-refractivity contribution in [3.63, 3.8) is 0 Å². The van der Waals surface area contributed by atoms with Crippen molar-refractivity contribution < 1.29 is 4.42 Å². The number of rotatable bonds is 7. The van der Waals surface area contributed by atoms with Crippen LogP contribution in [-0.4, -0.2) is 20.2 Å². The van der Waals surface area contributed by atoms with Crippen LogP contribution in [0.15, 0.2) is 44.7 Å². The Labute approximate surface area is 169 Å². The van der Waals surface area contributed by atoms with Gasteiger partial charge in [0.1, 0.15) is 5.01 Å². The van der Waals surface area contributed by atoms with E-state index in [1.807, 2.05) is 12.3 Å². The SMILES string of the molecule is CCc1ccc(-c2nc(CSc3nnc(Cc4csc(C)n4)o3)cs2)cc1. The lowest BCUT2D eigenvalue weighted by atomic mass is 10.1. The summed E-state index contributed by atoms with van der Waals surface area (Å²) in [7, 11) is 0. The monoisotopic (exact) mass is 414 g/mol. The molecule has 0 saturated heterocycles. The average molecular weight is 415 g/mol. The number of thiazole rings is 2. The number of hydrogen-bond acceptors (Lipinski definition) is 8. The normalized spacial score (nSPS) is 11.2. The summed E-state index contributed by atoms with van der Waals surface area (Å²) in [5, 5.41) is 15.0. The minimum atomic E-state index is 0.568. The molecule has 0 aliphatic heterocycles. The molecule has 0 unspecified atom stereocenters. The van der Waals surface area contributed by atoms with E-state index in [9.17, 15) is 0 Å². The zero-order chi connectivity index (χ0) is 18.6. The van der Waals surface area contributed by atoms with Crippen LogP contribution in [-0.2, 0) is 18.6 Å². The third-order valence-electron chi connectivity index (χ3n) is 3.95. The van der Waals surface area contributed by atoms with Crippen LogP contribution in [0.2, 0.25) is 0 Å². The highest BCUT2D eigenvalue weighted by molar-refractivity contribution is 7.98. The Morgan fingerprint density at radius 3 is 2.56 bits per heavy atom. The second kappa shape index (κ2) is 8.33. The van der Waals surface area contributed by atoms with E-state index in [0.29, 0.717) is 23.3 Å². The van der Waals surface area contributed by atoms with Gasteiger partial charge in [-0.3, -0.25) is 0 Å². The van der Waals surface area contributed by atoms with Crippen molar-refractivity contribution in [2.45, 2.75) is 37.7 Å². The van der Waals surface area contributed by atoms with Gasteiger partial charge in [0.25, 0.3) is 5.22 Å². The predicted molar refractivity (Wildman–Crippen MR) is 110 cm³/mol. The first kappa shape index (κ1) is 18.3. The van der Waals surface area contributed by atoms with E-state index >= 15 is 0 Å². The second-order valence-corrected chi connectivity index (χ2v) is 8.83. The second-order valence-electron chi connectivity index (χ2n) is 5.98. The number of benzene rings is 1. The van der Waals surface area contributed by atoms with Gasteiger partial charge in [-0.1, -0.05) is 43.0 Å². The molecular weight excluding hydrogens is 396 g/mol. The van der Waals surface area contributed by atoms with Crippen LogP contribution in [0, 0.1) is 6.92 Å². The highest BCUT2D eigenvalue weighted by atomic mass is 32.2. The maximum Gasteiger partial charge on any atom is 0.276 e. The van der Waals surface area contributed by atoms with E-state index in [0.717, 1.165) is 33.4 Å². The fourth-order valence-corrected chi connectivity index (χ4v) is 4.75. The fraction of sp³-hybridized carbons (Fsp3) is 0.263. The highest BCUT2D eigenvalue weighted by Gasteiger charge is 2.11. The molecule has 3 aromatic heterocycles. The number of hydrogen-bond donors (Lipinski definition) is 0. The molecule has 1 aromatic carbocycles. The Hall–Kier alpha value is -2.03. The van der Waals surface area contributed by atoms with E-state index in [1.165, 1.54) is 17.3 Å². The van der Waals surface area contributed by atoms with E-state index in [-0.39, 0.29) is 0 Å². The van der Waals surface area contributed by atoms with Gasteiger partial charge in [-0.15, -0.1) is 32.9 Å². The van der Waals surface area contributed by atoms with Gasteiger partial charge in [0.05, 0.1) is 22.8 Å². The van der Waals surface area contributed by atoms with E-state index in [1.54, 1.807) is 22.7 Å². The molecule has 8 heteroatoms. The van der Waals surface area contributed by atoms with Gasteiger partial charge in [-0.05, 0) is 18.9 Å². The average Bonchev–Trinajstić information content (AvgIpc) is 3.42. The summed E-state index contributed by atoms with van der Waals surface area (Å²) in [5.41, 5.74) is 4.49. The van der Waals surface area contributed by atoms with Gasteiger partial charge in [0.15, 0.2) is 0 Å². The summed E-state index contributed by atoms with van der Waals surface area (Å²) in [6.45, 7) is 4.15. The molecule has 27 heavy (non-hydrogen) atoms. The molecule has 0 atom stereocenters. The van der Waals surface area contributed by atoms with Crippen LogP contribution >= 0.6 is 34.4 Å². The molecule has 0 aliphatic rings. The Morgan fingerprint density at radius 1 is 1.00 bits per heavy atom. The Balaban J connectivity index is 1.36. The van der Waals surface area contributed by atoms with E-state index in [4.69, 9.17) is 9.40 Å².